The van der Waals surface area contributed by atoms with Gasteiger partial charge in [-0.2, -0.15) is 10.2 Å². The maximum atomic E-state index is 12.5. The number of aryl methyl sites for hydroxylation is 4. The summed E-state index contributed by atoms with van der Waals surface area (Å²) in [5.41, 5.74) is 2.80. The van der Waals surface area contributed by atoms with E-state index in [1.54, 1.807) is 30.3 Å². The van der Waals surface area contributed by atoms with Crippen molar-refractivity contribution in [2.24, 2.45) is 7.05 Å². The predicted molar refractivity (Wildman–Crippen MR) is 103 cm³/mol. The Morgan fingerprint density at radius 2 is 1.89 bits per heavy atom. The molecule has 27 heavy (non-hydrogen) atoms. The van der Waals surface area contributed by atoms with Gasteiger partial charge in [0.1, 0.15) is 10.7 Å². The maximum absolute atomic E-state index is 12.5. The molecule has 0 radical (unpaired) electrons. The van der Waals surface area contributed by atoms with Crippen molar-refractivity contribution in [3.05, 3.63) is 27.8 Å². The van der Waals surface area contributed by atoms with Crippen LogP contribution in [0.25, 0.3) is 0 Å². The minimum atomic E-state index is -0.994. The Labute approximate surface area is 163 Å². The molecule has 2 rings (SSSR count). The molecule has 0 aliphatic rings. The number of rotatable bonds is 7. The first kappa shape index (κ1) is 21.0. The van der Waals surface area contributed by atoms with Crippen LogP contribution in [0.2, 0.25) is 5.15 Å². The van der Waals surface area contributed by atoms with Crippen molar-refractivity contribution in [1.82, 2.24) is 19.6 Å². The number of aromatic nitrogens is 4. The molecule has 0 fully saturated rings. The molecule has 0 aliphatic carbocycles. The van der Waals surface area contributed by atoms with E-state index in [0.717, 1.165) is 18.5 Å². The second kappa shape index (κ2) is 8.56. The molecule has 0 unspecified atom stereocenters. The summed E-state index contributed by atoms with van der Waals surface area (Å²) in [7, 11) is 1.79. The third kappa shape index (κ3) is 4.50. The molecular weight excluding hydrogens is 370 g/mol. The number of esters is 1. The minimum Gasteiger partial charge on any atom is -0.449 e. The first-order valence-electron chi connectivity index (χ1n) is 8.92. The van der Waals surface area contributed by atoms with Crippen LogP contribution in [0.1, 0.15) is 54.1 Å². The van der Waals surface area contributed by atoms with Crippen molar-refractivity contribution in [2.45, 2.75) is 60.1 Å². The van der Waals surface area contributed by atoms with E-state index >= 15 is 0 Å². The highest BCUT2D eigenvalue weighted by Gasteiger charge is 2.26. The maximum Gasteiger partial charge on any atom is 0.343 e. The fourth-order valence-electron chi connectivity index (χ4n) is 2.69. The molecule has 9 heteroatoms. The summed E-state index contributed by atoms with van der Waals surface area (Å²) in [6, 6.07) is 0. The van der Waals surface area contributed by atoms with Crippen LogP contribution < -0.4 is 5.32 Å². The van der Waals surface area contributed by atoms with Crippen molar-refractivity contribution < 1.29 is 14.3 Å². The van der Waals surface area contributed by atoms with Gasteiger partial charge in [-0.3, -0.25) is 14.2 Å². The van der Waals surface area contributed by atoms with Crippen molar-refractivity contribution >= 4 is 29.2 Å². The van der Waals surface area contributed by atoms with E-state index in [1.807, 2.05) is 6.92 Å². The van der Waals surface area contributed by atoms with Gasteiger partial charge in [0.15, 0.2) is 6.10 Å². The van der Waals surface area contributed by atoms with E-state index in [0.29, 0.717) is 23.6 Å². The number of hydrogen-bond acceptors (Lipinski definition) is 5. The average Bonchev–Trinajstić information content (AvgIpc) is 3.02. The molecular formula is C18H26ClN5O3. The van der Waals surface area contributed by atoms with Crippen LogP contribution in [0.15, 0.2) is 0 Å². The van der Waals surface area contributed by atoms with E-state index in [9.17, 15) is 9.59 Å². The number of carbonyl (C=O) groups excluding carboxylic acids is 2. The fourth-order valence-corrected chi connectivity index (χ4v) is 3.03. The van der Waals surface area contributed by atoms with Crippen molar-refractivity contribution in [1.29, 1.82) is 0 Å². The lowest BCUT2D eigenvalue weighted by Crippen LogP contribution is -2.30. The van der Waals surface area contributed by atoms with Crippen LogP contribution in [0, 0.1) is 20.8 Å². The summed E-state index contributed by atoms with van der Waals surface area (Å²) in [6.07, 6.45) is 0.892. The Morgan fingerprint density at radius 3 is 2.44 bits per heavy atom. The van der Waals surface area contributed by atoms with Crippen LogP contribution in [-0.2, 0) is 23.1 Å². The standard InChI is InChI=1S/C18H26ClN5O3/c1-7-8-9-24-16(19)14(10(2)22-24)18(26)27-13(5)17(25)20-15-11(3)21-23(6)12(15)4/h13H,7-9H2,1-6H3,(H,20,25)/t13-/m0/s1. The molecule has 148 valence electrons. The molecule has 0 bridgehead atoms. The average molecular weight is 396 g/mol. The van der Waals surface area contributed by atoms with Crippen molar-refractivity contribution in [3.8, 4) is 0 Å². The summed E-state index contributed by atoms with van der Waals surface area (Å²) in [5, 5.41) is 11.5. The second-order valence-electron chi connectivity index (χ2n) is 6.53. The first-order chi connectivity index (χ1) is 12.7. The molecule has 1 N–H and O–H groups in total. The zero-order chi connectivity index (χ0) is 20.3. The fraction of sp³-hybridized carbons (Fsp3) is 0.556. The lowest BCUT2D eigenvalue weighted by molar-refractivity contribution is -0.123. The Kier molecular flexibility index (Phi) is 6.64. The normalized spacial score (nSPS) is 12.1. The molecule has 0 spiro atoms. The highest BCUT2D eigenvalue weighted by molar-refractivity contribution is 6.32. The van der Waals surface area contributed by atoms with Gasteiger partial charge in [0.25, 0.3) is 5.91 Å². The highest BCUT2D eigenvalue weighted by Crippen LogP contribution is 2.23. The van der Waals surface area contributed by atoms with E-state index in [2.05, 4.69) is 22.4 Å². The number of anilines is 1. The quantitative estimate of drug-likeness (QED) is 0.727. The van der Waals surface area contributed by atoms with E-state index in [1.165, 1.54) is 6.92 Å². The van der Waals surface area contributed by atoms with Gasteiger partial charge in [0.2, 0.25) is 0 Å². The SMILES string of the molecule is CCCCn1nc(C)c(C(=O)O[C@@H](C)C(=O)Nc2c(C)nn(C)c2C)c1Cl. The van der Waals surface area contributed by atoms with Crippen LogP contribution in [0.5, 0.6) is 0 Å². The van der Waals surface area contributed by atoms with Crippen molar-refractivity contribution in [2.75, 3.05) is 5.32 Å². The zero-order valence-electron chi connectivity index (χ0n) is 16.6. The predicted octanol–water partition coefficient (Wildman–Crippen LogP) is 3.18. The molecule has 1 atom stereocenters. The first-order valence-corrected chi connectivity index (χ1v) is 9.30. The molecule has 2 aromatic rings. The van der Waals surface area contributed by atoms with E-state index in [4.69, 9.17) is 16.3 Å². The minimum absolute atomic E-state index is 0.196. The lowest BCUT2D eigenvalue weighted by Gasteiger charge is -2.14. The Bertz CT molecular complexity index is 856. The summed E-state index contributed by atoms with van der Waals surface area (Å²) < 4.78 is 8.58. The zero-order valence-corrected chi connectivity index (χ0v) is 17.3. The van der Waals surface area contributed by atoms with Gasteiger partial charge < -0.3 is 10.1 Å². The Morgan fingerprint density at radius 1 is 1.22 bits per heavy atom. The number of carbonyl (C=O) groups is 2. The number of amides is 1. The van der Waals surface area contributed by atoms with Crippen LogP contribution >= 0.6 is 11.6 Å². The third-order valence-corrected chi connectivity index (χ3v) is 4.79. The van der Waals surface area contributed by atoms with Gasteiger partial charge in [-0.05, 0) is 34.1 Å². The summed E-state index contributed by atoms with van der Waals surface area (Å²) in [6.45, 7) is 9.54. The highest BCUT2D eigenvalue weighted by atomic mass is 35.5. The van der Waals surface area contributed by atoms with Gasteiger partial charge in [0, 0.05) is 13.6 Å². The molecule has 1 amide bonds. The molecule has 0 saturated heterocycles. The summed E-state index contributed by atoms with van der Waals surface area (Å²) >= 11 is 6.29. The Balaban J connectivity index is 2.09. The molecule has 2 heterocycles. The van der Waals surface area contributed by atoms with Crippen molar-refractivity contribution in [3.63, 3.8) is 0 Å². The number of nitrogens with zero attached hydrogens (tertiary/aromatic N) is 4. The van der Waals surface area contributed by atoms with Crippen LogP contribution in [0.4, 0.5) is 5.69 Å². The van der Waals surface area contributed by atoms with Crippen LogP contribution in [0.3, 0.4) is 0 Å². The lowest BCUT2D eigenvalue weighted by atomic mass is 10.2. The molecule has 0 saturated carbocycles. The largest absolute Gasteiger partial charge is 0.449 e. The van der Waals surface area contributed by atoms with Gasteiger partial charge in [-0.15, -0.1) is 0 Å². The van der Waals surface area contributed by atoms with Gasteiger partial charge in [0.05, 0.1) is 22.8 Å². The number of halogens is 1. The smallest absolute Gasteiger partial charge is 0.343 e. The number of hydrogen-bond donors (Lipinski definition) is 1. The molecule has 0 aliphatic heterocycles. The van der Waals surface area contributed by atoms with Gasteiger partial charge >= 0.3 is 5.97 Å². The molecule has 2 aromatic heterocycles. The summed E-state index contributed by atoms with van der Waals surface area (Å²) in [4.78, 5) is 25.0. The third-order valence-electron chi connectivity index (χ3n) is 4.40. The van der Waals surface area contributed by atoms with E-state index in [-0.39, 0.29) is 10.7 Å². The van der Waals surface area contributed by atoms with Gasteiger partial charge in [-0.1, -0.05) is 24.9 Å². The Hall–Kier alpha value is -2.35. The molecule has 0 aromatic carbocycles. The number of unbranched alkanes of at least 4 members (excludes halogenated alkanes) is 1. The summed E-state index contributed by atoms with van der Waals surface area (Å²) in [5.74, 6) is -1.10. The van der Waals surface area contributed by atoms with Crippen LogP contribution in [-0.4, -0.2) is 37.5 Å². The molecule has 8 nitrogen and oxygen atoms in total. The monoisotopic (exact) mass is 395 g/mol. The number of nitrogens with one attached hydrogen (secondary N) is 1. The second-order valence-corrected chi connectivity index (χ2v) is 6.89. The van der Waals surface area contributed by atoms with Gasteiger partial charge in [-0.25, -0.2) is 4.79 Å². The number of ether oxygens (including phenoxy) is 1. The van der Waals surface area contributed by atoms with E-state index < -0.39 is 18.0 Å². The topological polar surface area (TPSA) is 91.0 Å².